The van der Waals surface area contributed by atoms with Crippen LogP contribution in [0, 0.1) is 17.1 Å². The minimum Gasteiger partial charge on any atom is -0.379 e. The fraction of sp³-hybridized carbons (Fsp3) is 0.320. The van der Waals surface area contributed by atoms with Gasteiger partial charge >= 0.3 is 0 Å². The van der Waals surface area contributed by atoms with Crippen LogP contribution in [0.4, 0.5) is 4.39 Å². The highest BCUT2D eigenvalue weighted by molar-refractivity contribution is 5.76. The maximum absolute atomic E-state index is 13.9. The summed E-state index contributed by atoms with van der Waals surface area (Å²) in [4.78, 5) is 14.6. The van der Waals surface area contributed by atoms with Crippen molar-refractivity contribution in [1.29, 1.82) is 5.26 Å². The smallest absolute Gasteiger partial charge is 0.220 e. The van der Waals surface area contributed by atoms with E-state index in [0.29, 0.717) is 30.5 Å². The number of nitrogens with one attached hydrogen (secondary N) is 1. The van der Waals surface area contributed by atoms with Crippen LogP contribution in [0.1, 0.15) is 17.7 Å². The molecule has 3 aromatic rings. The van der Waals surface area contributed by atoms with Crippen molar-refractivity contribution in [3.05, 3.63) is 71.7 Å². The van der Waals surface area contributed by atoms with Crippen LogP contribution in [0.2, 0.25) is 0 Å². The third kappa shape index (κ3) is 6.04. The Bertz CT molecular complexity index is 1130. The number of morpholine rings is 1. The van der Waals surface area contributed by atoms with Gasteiger partial charge in [0.15, 0.2) is 0 Å². The predicted octanol–water partition coefficient (Wildman–Crippen LogP) is 2.93. The molecule has 1 aromatic heterocycles. The highest BCUT2D eigenvalue weighted by atomic mass is 19.1. The van der Waals surface area contributed by atoms with Gasteiger partial charge in [0.1, 0.15) is 5.82 Å². The molecular formula is C25H26FN5O2. The van der Waals surface area contributed by atoms with Gasteiger partial charge in [0.2, 0.25) is 5.91 Å². The third-order valence-electron chi connectivity index (χ3n) is 5.58. The second-order valence-electron chi connectivity index (χ2n) is 7.91. The van der Waals surface area contributed by atoms with Crippen LogP contribution in [0.15, 0.2) is 54.6 Å². The summed E-state index contributed by atoms with van der Waals surface area (Å²) in [5, 5.41) is 16.7. The molecule has 0 radical (unpaired) electrons. The lowest BCUT2D eigenvalue weighted by Gasteiger charge is -2.26. The third-order valence-corrected chi connectivity index (χ3v) is 5.58. The number of nitriles is 1. The number of hydrogen-bond acceptors (Lipinski definition) is 5. The molecule has 0 atom stereocenters. The molecule has 1 aliphatic heterocycles. The van der Waals surface area contributed by atoms with E-state index in [4.69, 9.17) is 10.00 Å². The van der Waals surface area contributed by atoms with Crippen LogP contribution in [-0.2, 0) is 16.0 Å². The van der Waals surface area contributed by atoms with Crippen molar-refractivity contribution in [2.75, 3.05) is 39.4 Å². The number of ether oxygens (including phenoxy) is 1. The topological polar surface area (TPSA) is 83.2 Å². The Labute approximate surface area is 192 Å². The number of amides is 1. The Hall–Kier alpha value is -3.54. The van der Waals surface area contributed by atoms with Gasteiger partial charge in [-0.05, 0) is 42.5 Å². The second kappa shape index (κ2) is 10.9. The summed E-state index contributed by atoms with van der Waals surface area (Å²) in [6.07, 6.45) is 0.783. The van der Waals surface area contributed by atoms with Gasteiger partial charge in [-0.25, -0.2) is 9.07 Å². The maximum Gasteiger partial charge on any atom is 0.220 e. The van der Waals surface area contributed by atoms with Gasteiger partial charge < -0.3 is 10.1 Å². The van der Waals surface area contributed by atoms with Crippen LogP contribution in [0.5, 0.6) is 0 Å². The lowest BCUT2D eigenvalue weighted by atomic mass is 10.1. The van der Waals surface area contributed by atoms with Gasteiger partial charge in [0, 0.05) is 44.6 Å². The number of benzene rings is 2. The summed E-state index contributed by atoms with van der Waals surface area (Å²) in [5.74, 6) is -0.357. The van der Waals surface area contributed by atoms with Crippen molar-refractivity contribution in [3.8, 4) is 23.0 Å². The average molecular weight is 448 g/mol. The number of hydrogen-bond donors (Lipinski definition) is 1. The van der Waals surface area contributed by atoms with Crippen molar-refractivity contribution in [2.45, 2.75) is 12.8 Å². The first-order valence-corrected chi connectivity index (χ1v) is 11.0. The van der Waals surface area contributed by atoms with E-state index in [9.17, 15) is 9.18 Å². The van der Waals surface area contributed by atoms with Crippen LogP contribution in [0.3, 0.4) is 0 Å². The van der Waals surface area contributed by atoms with Crippen LogP contribution >= 0.6 is 0 Å². The number of carbonyl (C=O) groups is 1. The molecule has 0 bridgehead atoms. The Balaban J connectivity index is 1.44. The summed E-state index contributed by atoms with van der Waals surface area (Å²) in [6.45, 7) is 4.68. The lowest BCUT2D eigenvalue weighted by molar-refractivity contribution is -0.121. The molecular weight excluding hydrogens is 421 g/mol. The molecule has 0 unspecified atom stereocenters. The molecule has 1 saturated heterocycles. The van der Waals surface area contributed by atoms with Gasteiger partial charge in [-0.1, -0.05) is 12.1 Å². The largest absolute Gasteiger partial charge is 0.379 e. The molecule has 1 fully saturated rings. The Kier molecular flexibility index (Phi) is 7.45. The van der Waals surface area contributed by atoms with E-state index in [0.717, 1.165) is 49.9 Å². The van der Waals surface area contributed by atoms with E-state index in [1.54, 1.807) is 35.0 Å². The van der Waals surface area contributed by atoms with Gasteiger partial charge in [-0.15, -0.1) is 0 Å². The molecule has 1 N–H and O–H groups in total. The maximum atomic E-state index is 13.9. The summed E-state index contributed by atoms with van der Waals surface area (Å²) in [6, 6.07) is 17.4. The van der Waals surface area contributed by atoms with E-state index >= 15 is 0 Å². The minimum absolute atomic E-state index is 0.0245. The number of aromatic nitrogens is 2. The number of halogens is 1. The van der Waals surface area contributed by atoms with E-state index in [1.807, 2.05) is 12.1 Å². The zero-order valence-corrected chi connectivity index (χ0v) is 18.3. The van der Waals surface area contributed by atoms with E-state index in [1.165, 1.54) is 12.1 Å². The first-order valence-electron chi connectivity index (χ1n) is 11.0. The fourth-order valence-electron chi connectivity index (χ4n) is 3.79. The van der Waals surface area contributed by atoms with Gasteiger partial charge in [-0.2, -0.15) is 10.4 Å². The van der Waals surface area contributed by atoms with E-state index in [2.05, 4.69) is 21.4 Å². The van der Waals surface area contributed by atoms with E-state index in [-0.39, 0.29) is 11.7 Å². The van der Waals surface area contributed by atoms with Gasteiger partial charge in [-0.3, -0.25) is 9.69 Å². The Morgan fingerprint density at radius 2 is 1.94 bits per heavy atom. The molecule has 33 heavy (non-hydrogen) atoms. The molecule has 0 spiro atoms. The zero-order chi connectivity index (χ0) is 23.0. The SMILES string of the molecule is N#Cc1ccc(-n2nc(CCC(=O)NCCN3CCOCC3)cc2-c2cccc(F)c2)cc1. The summed E-state index contributed by atoms with van der Waals surface area (Å²) >= 11 is 0. The number of nitrogens with zero attached hydrogens (tertiary/aromatic N) is 4. The molecule has 8 heteroatoms. The molecule has 0 aliphatic carbocycles. The summed E-state index contributed by atoms with van der Waals surface area (Å²) in [7, 11) is 0. The quantitative estimate of drug-likeness (QED) is 0.574. The van der Waals surface area contributed by atoms with Crippen LogP contribution < -0.4 is 5.32 Å². The van der Waals surface area contributed by atoms with Crippen molar-refractivity contribution >= 4 is 5.91 Å². The number of rotatable bonds is 8. The molecule has 170 valence electrons. The van der Waals surface area contributed by atoms with Crippen LogP contribution in [0.25, 0.3) is 16.9 Å². The molecule has 0 saturated carbocycles. The Morgan fingerprint density at radius 3 is 2.67 bits per heavy atom. The molecule has 2 heterocycles. The van der Waals surface area contributed by atoms with Gasteiger partial charge in [0.05, 0.1) is 41.9 Å². The zero-order valence-electron chi connectivity index (χ0n) is 18.3. The van der Waals surface area contributed by atoms with Crippen molar-refractivity contribution in [1.82, 2.24) is 20.0 Å². The van der Waals surface area contributed by atoms with Crippen molar-refractivity contribution < 1.29 is 13.9 Å². The molecule has 1 amide bonds. The number of aryl methyl sites for hydroxylation is 1. The standard InChI is InChI=1S/C25H26FN5O2/c26-21-3-1-2-20(16-21)24-17-22(29-31(24)23-7-4-19(18-27)5-8-23)6-9-25(32)28-10-11-30-12-14-33-15-13-30/h1-5,7-8,16-17H,6,9-15H2,(H,28,32). The molecule has 4 rings (SSSR count). The summed E-state index contributed by atoms with van der Waals surface area (Å²) < 4.78 is 20.9. The highest BCUT2D eigenvalue weighted by Gasteiger charge is 2.14. The normalized spacial score (nSPS) is 14.1. The monoisotopic (exact) mass is 447 g/mol. The lowest BCUT2D eigenvalue weighted by Crippen LogP contribution is -2.41. The van der Waals surface area contributed by atoms with Crippen molar-refractivity contribution in [3.63, 3.8) is 0 Å². The molecule has 2 aromatic carbocycles. The highest BCUT2D eigenvalue weighted by Crippen LogP contribution is 2.25. The van der Waals surface area contributed by atoms with Crippen molar-refractivity contribution in [2.24, 2.45) is 0 Å². The first kappa shape index (κ1) is 22.6. The predicted molar refractivity (Wildman–Crippen MR) is 122 cm³/mol. The van der Waals surface area contributed by atoms with E-state index < -0.39 is 0 Å². The summed E-state index contributed by atoms with van der Waals surface area (Å²) in [5.41, 5.74) is 3.46. The average Bonchev–Trinajstić information content (AvgIpc) is 3.28. The van der Waals surface area contributed by atoms with Gasteiger partial charge in [0.25, 0.3) is 0 Å². The first-order chi connectivity index (χ1) is 16.1. The molecule has 7 nitrogen and oxygen atoms in total. The molecule has 1 aliphatic rings. The fourth-order valence-corrected chi connectivity index (χ4v) is 3.79. The minimum atomic E-state index is -0.332. The Morgan fingerprint density at radius 1 is 1.15 bits per heavy atom. The van der Waals surface area contributed by atoms with Crippen LogP contribution in [-0.4, -0.2) is 60.0 Å². The second-order valence-corrected chi connectivity index (χ2v) is 7.91. The number of carbonyl (C=O) groups excluding carboxylic acids is 1.